The Bertz CT molecular complexity index is 3380. The summed E-state index contributed by atoms with van der Waals surface area (Å²) >= 11 is 0. The predicted molar refractivity (Wildman–Crippen MR) is 287 cm³/mol. The second-order valence-corrected chi connectivity index (χ2v) is 16.6. The van der Waals surface area contributed by atoms with Crippen molar-refractivity contribution in [3.05, 3.63) is 78.4 Å². The van der Waals surface area contributed by atoms with Crippen LogP contribution in [-0.2, 0) is 0 Å². The molecule has 59 heavy (non-hydrogen) atoms. The van der Waals surface area contributed by atoms with Gasteiger partial charge in [0.05, 0.1) is 11.6 Å². The van der Waals surface area contributed by atoms with Crippen molar-refractivity contribution in [2.75, 3.05) is 0 Å². The number of nitriles is 1. The molecule has 9 aromatic rings. The Morgan fingerprint density at radius 1 is 0.390 bits per heavy atom. The van der Waals surface area contributed by atoms with Gasteiger partial charge in [-0.2, -0.15) is 5.26 Å². The van der Waals surface area contributed by atoms with Gasteiger partial charge in [-0.25, -0.2) is 15.0 Å². The fourth-order valence-corrected chi connectivity index (χ4v) is 9.74. The van der Waals surface area contributed by atoms with Crippen LogP contribution in [0.15, 0.2) is 77.2 Å². The number of rotatable bonds is 4. The highest BCUT2D eigenvalue weighted by Crippen LogP contribution is 2.37. The van der Waals surface area contributed by atoms with Gasteiger partial charge in [0.15, 0.2) is 17.5 Å². The predicted octanol–water partition coefficient (Wildman–Crippen LogP) is -10.3. The molecule has 0 radical (unpaired) electrons. The lowest BCUT2D eigenvalue weighted by Crippen LogP contribution is -2.50. The zero-order chi connectivity index (χ0) is 41.8. The molecule has 17 heteroatoms. The fraction of sp³-hybridized carbons (Fsp3) is 0. The average molecular weight is 743 g/mol. The molecule has 0 saturated heterocycles. The van der Waals surface area contributed by atoms with Crippen LogP contribution in [-0.4, -0.2) is 109 Å². The molecule has 2 heterocycles. The molecule has 7 aromatic carbocycles. The molecule has 0 spiro atoms. The minimum atomic E-state index is 0.592. The molecule has 0 aliphatic rings. The molecular formula is C42H36B12N4O. The van der Waals surface area contributed by atoms with Gasteiger partial charge in [-0.3, -0.25) is 0 Å². The molecule has 0 atom stereocenters. The van der Waals surface area contributed by atoms with E-state index in [1.807, 2.05) is 48.5 Å². The smallest absolute Gasteiger partial charge is 0.164 e. The third kappa shape index (κ3) is 5.59. The highest BCUT2D eigenvalue weighted by molar-refractivity contribution is 6.71. The lowest BCUT2D eigenvalue weighted by Gasteiger charge is -2.29. The third-order valence-electron chi connectivity index (χ3n) is 13.9. The van der Waals surface area contributed by atoms with E-state index in [-0.39, 0.29) is 0 Å². The van der Waals surface area contributed by atoms with E-state index in [9.17, 15) is 5.26 Å². The van der Waals surface area contributed by atoms with Crippen molar-refractivity contribution in [1.29, 1.82) is 5.26 Å². The fourth-order valence-electron chi connectivity index (χ4n) is 9.74. The molecule has 0 amide bonds. The largest absolute Gasteiger partial charge is 0.456 e. The van der Waals surface area contributed by atoms with Crippen LogP contribution in [0.4, 0.5) is 0 Å². The van der Waals surface area contributed by atoms with Crippen molar-refractivity contribution < 1.29 is 4.42 Å². The first-order chi connectivity index (χ1) is 28.3. The number of para-hydroxylation sites is 1. The van der Waals surface area contributed by atoms with E-state index < -0.39 is 0 Å². The van der Waals surface area contributed by atoms with Crippen LogP contribution in [0.2, 0.25) is 0 Å². The van der Waals surface area contributed by atoms with Gasteiger partial charge in [0.1, 0.15) is 105 Å². The summed E-state index contributed by atoms with van der Waals surface area (Å²) in [6.07, 6.45) is 0. The van der Waals surface area contributed by atoms with Crippen LogP contribution in [0, 0.1) is 11.3 Å². The molecule has 0 saturated carbocycles. The van der Waals surface area contributed by atoms with Crippen LogP contribution in [0.5, 0.6) is 0 Å². The maximum Gasteiger partial charge on any atom is 0.164 e. The zero-order valence-corrected chi connectivity index (χ0v) is 36.1. The summed E-state index contributed by atoms with van der Waals surface area (Å²) in [4.78, 5) is 16.0. The van der Waals surface area contributed by atoms with Gasteiger partial charge in [-0.05, 0) is 39.4 Å². The van der Waals surface area contributed by atoms with Gasteiger partial charge < -0.3 is 4.42 Å². The standard InChI is InChI=1S/C42H36B12N4O/c43-28-17(13-55)21-22(29(44)38(53)34(49)26(21)33(48)36(28)51)23-24-25(32(47)37(52)30(23)45)27(35(50)39(54)31(24)46)42-57-40(14-7-2-1-3-8-14)56-41(58-42)16-10-6-12-19-20(16)15-9-4-5-11-18(15)59-19/h1-12H,43-54H2. The lowest BCUT2D eigenvalue weighted by molar-refractivity contribution is 0.669. The molecule has 0 N–H and O–H groups in total. The summed E-state index contributed by atoms with van der Waals surface area (Å²) < 4.78 is 6.35. The number of aromatic nitrogens is 3. The summed E-state index contributed by atoms with van der Waals surface area (Å²) in [6.45, 7) is 0. The van der Waals surface area contributed by atoms with Gasteiger partial charge >= 0.3 is 0 Å². The van der Waals surface area contributed by atoms with Crippen LogP contribution in [0.25, 0.3) is 88.8 Å². The van der Waals surface area contributed by atoms with Crippen molar-refractivity contribution >= 4 is 203 Å². The van der Waals surface area contributed by atoms with Crippen molar-refractivity contribution in [3.8, 4) is 51.4 Å². The Morgan fingerprint density at radius 3 is 1.53 bits per heavy atom. The Balaban J connectivity index is 1.47. The van der Waals surface area contributed by atoms with Gasteiger partial charge in [-0.1, -0.05) is 115 Å². The summed E-state index contributed by atoms with van der Waals surface area (Å²) in [7, 11) is 26.6. The van der Waals surface area contributed by atoms with Crippen LogP contribution in [0.1, 0.15) is 5.56 Å². The second-order valence-electron chi connectivity index (χ2n) is 16.6. The molecule has 9 rings (SSSR count). The molecule has 0 bridgehead atoms. The van der Waals surface area contributed by atoms with E-state index >= 15 is 0 Å². The van der Waals surface area contributed by atoms with Gasteiger partial charge in [0.2, 0.25) is 0 Å². The van der Waals surface area contributed by atoms with E-state index in [0.717, 1.165) is 71.5 Å². The minimum absolute atomic E-state index is 0.592. The maximum atomic E-state index is 10.9. The molecule has 0 fully saturated rings. The van der Waals surface area contributed by atoms with Crippen molar-refractivity contribution in [2.24, 2.45) is 0 Å². The number of hydrogen-bond acceptors (Lipinski definition) is 5. The minimum Gasteiger partial charge on any atom is -0.456 e. The zero-order valence-electron chi connectivity index (χ0n) is 36.1. The average Bonchev–Trinajstić information content (AvgIpc) is 3.64. The highest BCUT2D eigenvalue weighted by atomic mass is 16.3. The SMILES string of the molecule is Bc1c(B)c(C#N)c2c(-c3c(B)c(B)c(B)c4c(-c5nc(-c6ccccc6)nc(-c6cccc7oc8ccccc8c67)n5)c(B)c(B)c(B)c34)c(B)c(B)c(B)c2c1B. The van der Waals surface area contributed by atoms with Gasteiger partial charge in [0.25, 0.3) is 0 Å². The second kappa shape index (κ2) is 14.2. The summed E-state index contributed by atoms with van der Waals surface area (Å²) in [5, 5.41) is 17.5. The summed E-state index contributed by atoms with van der Waals surface area (Å²) in [5.74, 6) is 1.83. The molecule has 0 aliphatic heterocycles. The summed E-state index contributed by atoms with van der Waals surface area (Å²) in [6, 6.07) is 27.1. The van der Waals surface area contributed by atoms with Crippen LogP contribution in [0.3, 0.4) is 0 Å². The third-order valence-corrected chi connectivity index (χ3v) is 13.9. The monoisotopic (exact) mass is 744 g/mol. The first-order valence-electron chi connectivity index (χ1n) is 20.5. The normalized spacial score (nSPS) is 11.5. The lowest BCUT2D eigenvalue weighted by atomic mass is 9.57. The Hall–Kier alpha value is -5.86. The number of hydrogen-bond donors (Lipinski definition) is 0. The molecule has 0 unspecified atom stereocenters. The number of benzene rings is 7. The first kappa shape index (κ1) is 38.6. The first-order valence-corrected chi connectivity index (χ1v) is 20.5. The van der Waals surface area contributed by atoms with E-state index in [4.69, 9.17) is 19.4 Å². The molecule has 5 nitrogen and oxygen atoms in total. The van der Waals surface area contributed by atoms with Gasteiger partial charge in [0, 0.05) is 32.8 Å². The Morgan fingerprint density at radius 2 is 0.881 bits per heavy atom. The number of furan rings is 1. The Kier molecular flexibility index (Phi) is 9.27. The van der Waals surface area contributed by atoms with E-state index in [2.05, 4.69) is 124 Å². The quantitative estimate of drug-likeness (QED) is 0.168. The van der Waals surface area contributed by atoms with Crippen molar-refractivity contribution in [2.45, 2.75) is 0 Å². The Labute approximate surface area is 355 Å². The highest BCUT2D eigenvalue weighted by Gasteiger charge is 2.28. The van der Waals surface area contributed by atoms with Crippen molar-refractivity contribution in [1.82, 2.24) is 15.0 Å². The van der Waals surface area contributed by atoms with Gasteiger partial charge in [-0.15, -0.1) is 10.9 Å². The van der Waals surface area contributed by atoms with Crippen molar-refractivity contribution in [3.63, 3.8) is 0 Å². The number of nitrogens with zero attached hydrogens (tertiary/aromatic N) is 4. The summed E-state index contributed by atoms with van der Waals surface area (Å²) in [5.41, 5.74) is 21.9. The topological polar surface area (TPSA) is 75.6 Å². The van der Waals surface area contributed by atoms with Crippen LogP contribution >= 0.6 is 0 Å². The van der Waals surface area contributed by atoms with Crippen LogP contribution < -0.4 is 65.6 Å². The van der Waals surface area contributed by atoms with E-state index in [1.54, 1.807) is 0 Å². The molecule has 266 valence electrons. The van der Waals surface area contributed by atoms with E-state index in [1.165, 1.54) is 71.0 Å². The molecular weight excluding hydrogens is 706 g/mol. The maximum absolute atomic E-state index is 10.9. The molecule has 0 aliphatic carbocycles. The number of fused-ring (bicyclic) bond motifs is 5. The molecule has 2 aromatic heterocycles. The van der Waals surface area contributed by atoms with E-state index in [0.29, 0.717) is 17.5 Å².